The molecule has 0 saturated carbocycles. The minimum atomic E-state index is -0.433. The first-order valence-corrected chi connectivity index (χ1v) is 6.77. The molecule has 0 aliphatic carbocycles. The normalized spacial score (nSPS) is 11.4. The van der Waals surface area contributed by atoms with Crippen molar-refractivity contribution in [1.82, 2.24) is 5.16 Å². The van der Waals surface area contributed by atoms with Crippen molar-refractivity contribution >= 4 is 35.0 Å². The molecule has 1 amide bonds. The average molecular weight is 313 g/mol. The molecule has 1 heterocycles. The lowest BCUT2D eigenvalue weighted by Gasteiger charge is -2.12. The van der Waals surface area contributed by atoms with Crippen LogP contribution in [0.15, 0.2) is 28.8 Å². The van der Waals surface area contributed by atoms with E-state index in [0.717, 1.165) is 5.69 Å². The van der Waals surface area contributed by atoms with Crippen molar-refractivity contribution in [3.8, 4) is 0 Å². The number of rotatable bonds is 2. The van der Waals surface area contributed by atoms with E-state index in [9.17, 15) is 4.79 Å². The van der Waals surface area contributed by atoms with Crippen molar-refractivity contribution in [1.29, 1.82) is 0 Å². The van der Waals surface area contributed by atoms with Gasteiger partial charge in [0.2, 0.25) is 5.88 Å². The monoisotopic (exact) mass is 312 g/mol. The smallest absolute Gasteiger partial charge is 0.261 e. The predicted octanol–water partition coefficient (Wildman–Crippen LogP) is 4.53. The summed E-state index contributed by atoms with van der Waals surface area (Å²) in [5.74, 6) is -0.173. The number of carbonyl (C=O) groups is 1. The highest BCUT2D eigenvalue weighted by Crippen LogP contribution is 2.27. The Kier molecular flexibility index (Phi) is 4.06. The van der Waals surface area contributed by atoms with Crippen LogP contribution in [-0.4, -0.2) is 11.1 Å². The van der Waals surface area contributed by atoms with Crippen LogP contribution in [0.5, 0.6) is 0 Å². The Labute approximate surface area is 127 Å². The summed E-state index contributed by atoms with van der Waals surface area (Å²) < 4.78 is 5.09. The zero-order valence-corrected chi connectivity index (χ0v) is 12.8. The molecule has 0 fully saturated rings. The number of anilines is 1. The number of carbonyl (C=O) groups excluding carboxylic acids is 1. The van der Waals surface area contributed by atoms with Crippen LogP contribution in [0.1, 0.15) is 36.8 Å². The van der Waals surface area contributed by atoms with E-state index in [0.29, 0.717) is 0 Å². The van der Waals surface area contributed by atoms with Gasteiger partial charge in [0.25, 0.3) is 5.91 Å². The van der Waals surface area contributed by atoms with Gasteiger partial charge in [0.15, 0.2) is 0 Å². The average Bonchev–Trinajstić information content (AvgIpc) is 2.76. The molecule has 2 aromatic rings. The van der Waals surface area contributed by atoms with Gasteiger partial charge in [-0.2, -0.15) is 0 Å². The lowest BCUT2D eigenvalue weighted by atomic mass is 9.92. The predicted molar refractivity (Wildman–Crippen MR) is 79.6 cm³/mol. The highest BCUT2D eigenvalue weighted by atomic mass is 35.5. The molecule has 0 unspecified atom stereocenters. The van der Waals surface area contributed by atoms with Crippen LogP contribution >= 0.6 is 23.2 Å². The molecule has 0 spiro atoms. The Hall–Kier alpha value is -1.52. The van der Waals surface area contributed by atoms with Gasteiger partial charge in [-0.1, -0.05) is 55.2 Å². The van der Waals surface area contributed by atoms with E-state index in [4.69, 9.17) is 27.7 Å². The maximum atomic E-state index is 12.1. The third kappa shape index (κ3) is 3.14. The van der Waals surface area contributed by atoms with Crippen molar-refractivity contribution in [3.63, 3.8) is 0 Å². The van der Waals surface area contributed by atoms with Crippen LogP contribution in [0.4, 0.5) is 5.88 Å². The standard InChI is InChI=1S/C14H14Cl2N2O2/c1-14(2,3)10-7-11(20-18-10)17-13(19)12-8(15)5-4-6-9(12)16/h4-7H,1-3H3,(H,17,19). The van der Waals surface area contributed by atoms with E-state index in [1.54, 1.807) is 24.3 Å². The molecule has 1 aromatic carbocycles. The molecule has 0 saturated heterocycles. The van der Waals surface area contributed by atoms with Gasteiger partial charge in [-0.15, -0.1) is 0 Å². The molecular formula is C14H14Cl2N2O2. The first-order chi connectivity index (χ1) is 9.29. The number of nitrogens with one attached hydrogen (secondary N) is 1. The summed E-state index contributed by atoms with van der Waals surface area (Å²) in [5, 5.41) is 7.08. The first kappa shape index (κ1) is 14.9. The molecule has 2 rings (SSSR count). The van der Waals surface area contributed by atoms with Crippen LogP contribution in [0.2, 0.25) is 10.0 Å². The number of halogens is 2. The van der Waals surface area contributed by atoms with Gasteiger partial charge in [0, 0.05) is 11.5 Å². The van der Waals surface area contributed by atoms with Crippen molar-refractivity contribution in [2.24, 2.45) is 0 Å². The lowest BCUT2D eigenvalue weighted by molar-refractivity contribution is 0.102. The Bertz CT molecular complexity index is 625. The zero-order valence-electron chi connectivity index (χ0n) is 11.3. The number of hydrogen-bond acceptors (Lipinski definition) is 3. The molecule has 0 aliphatic heterocycles. The van der Waals surface area contributed by atoms with Crippen molar-refractivity contribution < 1.29 is 9.32 Å². The molecule has 20 heavy (non-hydrogen) atoms. The van der Waals surface area contributed by atoms with Crippen molar-refractivity contribution in [2.75, 3.05) is 5.32 Å². The fraction of sp³-hybridized carbons (Fsp3) is 0.286. The minimum Gasteiger partial charge on any atom is -0.338 e. The van der Waals surface area contributed by atoms with Crippen molar-refractivity contribution in [3.05, 3.63) is 45.6 Å². The SMILES string of the molecule is CC(C)(C)c1cc(NC(=O)c2c(Cl)cccc2Cl)on1. The van der Waals surface area contributed by atoms with E-state index >= 15 is 0 Å². The van der Waals surface area contributed by atoms with Crippen LogP contribution in [-0.2, 0) is 5.41 Å². The molecule has 106 valence electrons. The maximum absolute atomic E-state index is 12.1. The zero-order chi connectivity index (χ0) is 14.9. The van der Waals surface area contributed by atoms with Gasteiger partial charge < -0.3 is 4.52 Å². The Morgan fingerprint density at radius 2 is 1.85 bits per heavy atom. The molecule has 4 nitrogen and oxygen atoms in total. The highest BCUT2D eigenvalue weighted by Gasteiger charge is 2.21. The van der Waals surface area contributed by atoms with Crippen molar-refractivity contribution in [2.45, 2.75) is 26.2 Å². The van der Waals surface area contributed by atoms with Crippen LogP contribution in [0, 0.1) is 0 Å². The van der Waals surface area contributed by atoms with Crippen LogP contribution in [0.25, 0.3) is 0 Å². The molecule has 0 atom stereocenters. The fourth-order valence-electron chi connectivity index (χ4n) is 1.58. The summed E-state index contributed by atoms with van der Waals surface area (Å²) >= 11 is 12.0. The Balaban J connectivity index is 2.22. The third-order valence-electron chi connectivity index (χ3n) is 2.71. The molecule has 0 bridgehead atoms. The van der Waals surface area contributed by atoms with Gasteiger partial charge in [-0.05, 0) is 12.1 Å². The van der Waals surface area contributed by atoms with Gasteiger partial charge in [0.1, 0.15) is 0 Å². The highest BCUT2D eigenvalue weighted by molar-refractivity contribution is 6.40. The topological polar surface area (TPSA) is 55.1 Å². The largest absolute Gasteiger partial charge is 0.338 e. The molecule has 0 aliphatic rings. The first-order valence-electron chi connectivity index (χ1n) is 6.01. The van der Waals surface area contributed by atoms with E-state index in [1.807, 2.05) is 20.8 Å². The Morgan fingerprint density at radius 1 is 1.25 bits per heavy atom. The van der Waals surface area contributed by atoms with Gasteiger partial charge in [-0.3, -0.25) is 10.1 Å². The summed E-state index contributed by atoms with van der Waals surface area (Å²) in [5.41, 5.74) is 0.803. The lowest BCUT2D eigenvalue weighted by Crippen LogP contribution is -2.13. The summed E-state index contributed by atoms with van der Waals surface area (Å²) in [7, 11) is 0. The van der Waals surface area contributed by atoms with E-state index in [2.05, 4.69) is 10.5 Å². The van der Waals surface area contributed by atoms with E-state index in [1.165, 1.54) is 0 Å². The van der Waals surface area contributed by atoms with Gasteiger partial charge in [-0.25, -0.2) is 0 Å². The van der Waals surface area contributed by atoms with E-state index in [-0.39, 0.29) is 26.9 Å². The molecule has 1 N–H and O–H groups in total. The fourth-order valence-corrected chi connectivity index (χ4v) is 2.15. The second-order valence-electron chi connectivity index (χ2n) is 5.38. The number of amides is 1. The summed E-state index contributed by atoms with van der Waals surface area (Å²) in [6, 6.07) is 6.56. The van der Waals surface area contributed by atoms with Crippen LogP contribution < -0.4 is 5.32 Å². The molecular weight excluding hydrogens is 299 g/mol. The Morgan fingerprint density at radius 3 is 2.35 bits per heavy atom. The number of benzene rings is 1. The number of aromatic nitrogens is 1. The second kappa shape index (κ2) is 5.46. The third-order valence-corrected chi connectivity index (χ3v) is 3.34. The summed E-state index contributed by atoms with van der Waals surface area (Å²) in [6.07, 6.45) is 0. The number of nitrogens with zero attached hydrogens (tertiary/aromatic N) is 1. The molecule has 1 aromatic heterocycles. The summed E-state index contributed by atoms with van der Waals surface area (Å²) in [6.45, 7) is 6.00. The van der Waals surface area contributed by atoms with Gasteiger partial charge >= 0.3 is 0 Å². The number of hydrogen-bond donors (Lipinski definition) is 1. The van der Waals surface area contributed by atoms with E-state index < -0.39 is 5.91 Å². The maximum Gasteiger partial charge on any atom is 0.261 e. The summed E-state index contributed by atoms with van der Waals surface area (Å²) in [4.78, 5) is 12.1. The quantitative estimate of drug-likeness (QED) is 0.886. The van der Waals surface area contributed by atoms with Crippen LogP contribution in [0.3, 0.4) is 0 Å². The molecule has 6 heteroatoms. The molecule has 0 radical (unpaired) electrons. The van der Waals surface area contributed by atoms with Gasteiger partial charge in [0.05, 0.1) is 21.3 Å². The second-order valence-corrected chi connectivity index (χ2v) is 6.19. The minimum absolute atomic E-state index is 0.158.